The summed E-state index contributed by atoms with van der Waals surface area (Å²) in [4.78, 5) is 19.9. The lowest BCUT2D eigenvalue weighted by Crippen LogP contribution is -2.39. The van der Waals surface area contributed by atoms with Crippen LogP contribution in [-0.4, -0.2) is 34.0 Å². The molecular formula is C19H18FN3O2S. The number of rotatable bonds is 3. The van der Waals surface area contributed by atoms with Gasteiger partial charge in [-0.1, -0.05) is 5.16 Å². The van der Waals surface area contributed by atoms with Crippen molar-refractivity contribution < 1.29 is 13.7 Å². The van der Waals surface area contributed by atoms with Crippen LogP contribution in [0.1, 0.15) is 39.9 Å². The molecule has 0 saturated carbocycles. The highest BCUT2D eigenvalue weighted by Crippen LogP contribution is 2.29. The van der Waals surface area contributed by atoms with Gasteiger partial charge in [-0.05, 0) is 61.0 Å². The number of carbonyl (C=O) groups is 1. The first-order chi connectivity index (χ1) is 12.6. The fourth-order valence-corrected chi connectivity index (χ4v) is 4.11. The van der Waals surface area contributed by atoms with Crippen molar-refractivity contribution in [3.05, 3.63) is 57.9 Å². The maximum absolute atomic E-state index is 13.1. The molecule has 1 aliphatic rings. The number of aromatic nitrogens is 2. The fraction of sp³-hybridized carbons (Fsp3) is 0.316. The van der Waals surface area contributed by atoms with Crippen molar-refractivity contribution in [2.24, 2.45) is 0 Å². The summed E-state index contributed by atoms with van der Waals surface area (Å²) in [6.45, 7) is 3.27. The Kier molecular flexibility index (Phi) is 4.55. The van der Waals surface area contributed by atoms with Crippen LogP contribution in [0.25, 0.3) is 11.4 Å². The molecular weight excluding hydrogens is 353 g/mol. The van der Waals surface area contributed by atoms with E-state index < -0.39 is 0 Å². The number of carbonyl (C=O) groups excluding carboxylic acids is 1. The number of aryl methyl sites for hydroxylation is 1. The summed E-state index contributed by atoms with van der Waals surface area (Å²) in [7, 11) is 0. The summed E-state index contributed by atoms with van der Waals surface area (Å²) in [6.07, 6.45) is 1.80. The van der Waals surface area contributed by atoms with Gasteiger partial charge in [0.05, 0.1) is 10.8 Å². The fourth-order valence-electron chi connectivity index (χ4n) is 3.22. The Morgan fingerprint density at radius 3 is 2.85 bits per heavy atom. The van der Waals surface area contributed by atoms with E-state index in [4.69, 9.17) is 4.52 Å². The van der Waals surface area contributed by atoms with E-state index in [1.54, 1.807) is 12.1 Å². The number of nitrogens with zero attached hydrogens (tertiary/aromatic N) is 3. The minimum atomic E-state index is -0.303. The Hall–Kier alpha value is -2.54. The van der Waals surface area contributed by atoms with Gasteiger partial charge >= 0.3 is 0 Å². The van der Waals surface area contributed by atoms with E-state index in [-0.39, 0.29) is 17.6 Å². The first-order valence-electron chi connectivity index (χ1n) is 8.55. The summed E-state index contributed by atoms with van der Waals surface area (Å²) in [5.74, 6) is 0.764. The average molecular weight is 371 g/mol. The number of amides is 1. The first kappa shape index (κ1) is 16.9. The first-order valence-corrected chi connectivity index (χ1v) is 9.42. The van der Waals surface area contributed by atoms with E-state index in [2.05, 4.69) is 10.1 Å². The molecule has 7 heteroatoms. The van der Waals surface area contributed by atoms with Gasteiger partial charge in [0.25, 0.3) is 5.91 Å². The van der Waals surface area contributed by atoms with Gasteiger partial charge in [0.15, 0.2) is 0 Å². The predicted octanol–water partition coefficient (Wildman–Crippen LogP) is 4.27. The molecule has 0 radical (unpaired) electrons. The van der Waals surface area contributed by atoms with Crippen molar-refractivity contribution in [2.45, 2.75) is 25.7 Å². The lowest BCUT2D eigenvalue weighted by atomic mass is 9.97. The molecule has 5 nitrogen and oxygen atoms in total. The van der Waals surface area contributed by atoms with E-state index in [0.717, 1.165) is 29.8 Å². The van der Waals surface area contributed by atoms with Crippen LogP contribution in [0.15, 0.2) is 40.2 Å². The van der Waals surface area contributed by atoms with Crippen LogP contribution in [0.5, 0.6) is 0 Å². The molecule has 1 amide bonds. The van der Waals surface area contributed by atoms with Gasteiger partial charge in [-0.15, -0.1) is 11.3 Å². The van der Waals surface area contributed by atoms with E-state index >= 15 is 0 Å². The third-order valence-electron chi connectivity index (χ3n) is 4.66. The maximum atomic E-state index is 13.1. The molecule has 1 unspecified atom stereocenters. The molecule has 0 bridgehead atoms. The molecule has 0 spiro atoms. The Bertz CT molecular complexity index is 919. The minimum Gasteiger partial charge on any atom is -0.339 e. The van der Waals surface area contributed by atoms with Gasteiger partial charge < -0.3 is 9.42 Å². The standard InChI is InChI=1S/C19H18FN3O2S/c1-12-8-10-26-16(12)19(24)23-9-2-3-14(11-23)18-21-17(22-25-18)13-4-6-15(20)7-5-13/h4-8,10,14H,2-3,9,11H2,1H3. The number of piperidine rings is 1. The van der Waals surface area contributed by atoms with E-state index in [1.165, 1.54) is 23.5 Å². The third-order valence-corrected chi connectivity index (χ3v) is 5.66. The van der Waals surface area contributed by atoms with Gasteiger partial charge in [-0.25, -0.2) is 4.39 Å². The number of hydrogen-bond acceptors (Lipinski definition) is 5. The third kappa shape index (κ3) is 3.26. The van der Waals surface area contributed by atoms with Gasteiger partial charge in [0.2, 0.25) is 11.7 Å². The summed E-state index contributed by atoms with van der Waals surface area (Å²) < 4.78 is 18.5. The highest BCUT2D eigenvalue weighted by Gasteiger charge is 2.30. The van der Waals surface area contributed by atoms with Gasteiger partial charge in [-0.3, -0.25) is 4.79 Å². The Labute approximate surface area is 154 Å². The SMILES string of the molecule is Cc1ccsc1C(=O)N1CCCC(c2nc(-c3ccc(F)cc3)no2)C1. The summed E-state index contributed by atoms with van der Waals surface area (Å²) >= 11 is 1.48. The van der Waals surface area contributed by atoms with Crippen molar-refractivity contribution in [1.29, 1.82) is 0 Å². The molecule has 134 valence electrons. The minimum absolute atomic E-state index is 0.0228. The molecule has 3 heterocycles. The lowest BCUT2D eigenvalue weighted by molar-refractivity contribution is 0.0700. The van der Waals surface area contributed by atoms with Crippen LogP contribution in [-0.2, 0) is 0 Å². The van der Waals surface area contributed by atoms with E-state index in [0.29, 0.717) is 23.8 Å². The molecule has 0 N–H and O–H groups in total. The lowest BCUT2D eigenvalue weighted by Gasteiger charge is -2.30. The maximum Gasteiger partial charge on any atom is 0.264 e. The molecule has 4 rings (SSSR count). The van der Waals surface area contributed by atoms with Crippen molar-refractivity contribution in [1.82, 2.24) is 15.0 Å². The molecule has 2 aromatic heterocycles. The molecule has 26 heavy (non-hydrogen) atoms. The molecule has 3 aromatic rings. The zero-order valence-corrected chi connectivity index (χ0v) is 15.1. The van der Waals surface area contributed by atoms with Gasteiger partial charge in [-0.2, -0.15) is 4.98 Å². The van der Waals surface area contributed by atoms with Crippen molar-refractivity contribution >= 4 is 17.2 Å². The highest BCUT2D eigenvalue weighted by molar-refractivity contribution is 7.12. The molecule has 1 aromatic carbocycles. The molecule has 0 aliphatic carbocycles. The van der Waals surface area contributed by atoms with Crippen LogP contribution in [0.3, 0.4) is 0 Å². The van der Waals surface area contributed by atoms with E-state index in [9.17, 15) is 9.18 Å². The molecule has 1 aliphatic heterocycles. The Balaban J connectivity index is 1.51. The zero-order valence-electron chi connectivity index (χ0n) is 14.3. The summed E-state index contributed by atoms with van der Waals surface area (Å²) in [5, 5.41) is 5.96. The second-order valence-electron chi connectivity index (χ2n) is 6.49. The van der Waals surface area contributed by atoms with Crippen LogP contribution in [0.4, 0.5) is 4.39 Å². The summed E-state index contributed by atoms with van der Waals surface area (Å²) in [5.41, 5.74) is 1.72. The second kappa shape index (κ2) is 6.99. The smallest absolute Gasteiger partial charge is 0.264 e. The second-order valence-corrected chi connectivity index (χ2v) is 7.40. The molecule has 1 atom stereocenters. The van der Waals surface area contributed by atoms with Crippen molar-refractivity contribution in [3.63, 3.8) is 0 Å². The molecule has 1 fully saturated rings. The monoisotopic (exact) mass is 371 g/mol. The average Bonchev–Trinajstić information content (AvgIpc) is 3.31. The predicted molar refractivity (Wildman–Crippen MR) is 96.6 cm³/mol. The number of benzene rings is 1. The van der Waals surface area contributed by atoms with Crippen LogP contribution >= 0.6 is 11.3 Å². The van der Waals surface area contributed by atoms with Crippen molar-refractivity contribution in [2.75, 3.05) is 13.1 Å². The highest BCUT2D eigenvalue weighted by atomic mass is 32.1. The van der Waals surface area contributed by atoms with Crippen LogP contribution in [0.2, 0.25) is 0 Å². The van der Waals surface area contributed by atoms with Gasteiger partial charge in [0, 0.05) is 18.7 Å². The topological polar surface area (TPSA) is 59.2 Å². The largest absolute Gasteiger partial charge is 0.339 e. The molecule has 1 saturated heterocycles. The van der Waals surface area contributed by atoms with Crippen molar-refractivity contribution in [3.8, 4) is 11.4 Å². The Morgan fingerprint density at radius 1 is 1.31 bits per heavy atom. The van der Waals surface area contributed by atoms with Crippen LogP contribution in [0, 0.1) is 12.7 Å². The zero-order chi connectivity index (χ0) is 18.1. The summed E-state index contributed by atoms with van der Waals surface area (Å²) in [6, 6.07) is 7.96. The number of likely N-dealkylation sites (tertiary alicyclic amines) is 1. The van der Waals surface area contributed by atoms with Gasteiger partial charge in [0.1, 0.15) is 5.82 Å². The normalized spacial score (nSPS) is 17.5. The number of hydrogen-bond donors (Lipinski definition) is 0. The quantitative estimate of drug-likeness (QED) is 0.690. The number of halogens is 1. The van der Waals surface area contributed by atoms with E-state index in [1.807, 2.05) is 23.3 Å². The van der Waals surface area contributed by atoms with Crippen LogP contribution < -0.4 is 0 Å². The Morgan fingerprint density at radius 2 is 2.12 bits per heavy atom. The number of thiophene rings is 1.